The number of rotatable bonds is 20. The number of aromatic nitrogens is 1. The number of carbonyl (C=O) groups is 1. The first-order valence-electron chi connectivity index (χ1n) is 18.3. The van der Waals surface area contributed by atoms with Gasteiger partial charge in [0.2, 0.25) is 6.79 Å². The first kappa shape index (κ1) is 40.7. The first-order valence-corrected chi connectivity index (χ1v) is 19.8. The van der Waals surface area contributed by atoms with Gasteiger partial charge < -0.3 is 38.6 Å². The van der Waals surface area contributed by atoms with E-state index in [4.69, 9.17) is 27.8 Å². The van der Waals surface area contributed by atoms with Crippen molar-refractivity contribution in [1.82, 2.24) is 19.3 Å². The minimum absolute atomic E-state index is 0.229. The predicted molar refractivity (Wildman–Crippen MR) is 212 cm³/mol. The molecule has 0 saturated heterocycles. The second-order valence-corrected chi connectivity index (χ2v) is 15.2. The Kier molecular flexibility index (Phi) is 14.3. The van der Waals surface area contributed by atoms with E-state index in [9.17, 15) is 14.5 Å². The molecule has 56 heavy (non-hydrogen) atoms. The van der Waals surface area contributed by atoms with E-state index in [-0.39, 0.29) is 6.73 Å². The molecule has 2 aliphatic rings. The van der Waals surface area contributed by atoms with Crippen molar-refractivity contribution in [3.63, 3.8) is 0 Å². The normalized spacial score (nSPS) is 15.8. The molecule has 13 nitrogen and oxygen atoms in total. The zero-order chi connectivity index (χ0) is 39.3. The van der Waals surface area contributed by atoms with Crippen molar-refractivity contribution in [1.29, 1.82) is 0 Å². The molecule has 0 fully saturated rings. The van der Waals surface area contributed by atoms with Gasteiger partial charge in [-0.2, -0.15) is 0 Å². The Hall–Kier alpha value is -4.98. The molecule has 1 aromatic heterocycles. The monoisotopic (exact) mass is 784 g/mol. The van der Waals surface area contributed by atoms with Crippen LogP contribution in [0.25, 0.3) is 10.9 Å². The van der Waals surface area contributed by atoms with Gasteiger partial charge in [-0.15, -0.1) is 0 Å². The van der Waals surface area contributed by atoms with Crippen LogP contribution in [0.2, 0.25) is 0 Å². The third kappa shape index (κ3) is 11.5. The van der Waals surface area contributed by atoms with Gasteiger partial charge in [-0.25, -0.2) is 13.9 Å². The molecule has 2 atom stereocenters. The molecule has 2 unspecified atom stereocenters. The fourth-order valence-electron chi connectivity index (χ4n) is 6.21. The SMILES string of the molecule is COc1ccc2c(c1)c(CCN(C)C)cn2COP(=O)(OCOC(=O)C1=CN(Cc2ccccc2)C=CC1)OCOC(O)C1=CN(Cc2ccccc2)C=CC1. The third-order valence-electron chi connectivity index (χ3n) is 9.13. The minimum Gasteiger partial charge on any atom is -0.497 e. The number of likely N-dealkylation sites (N-methyl/N-ethyl adjacent to an activating group) is 1. The van der Waals surface area contributed by atoms with Gasteiger partial charge in [-0.1, -0.05) is 72.8 Å². The standard InChI is InChI=1S/C42H49N4O9P/c1-43(2)23-20-35-29-46(40-19-18-38(50-3)24-39(35)40)30-53-56(49,54-31-51-41(47)36-16-10-21-44(27-36)25-33-12-6-4-7-13-33)55-32-52-42(48)37-17-11-22-45(28-37)26-34-14-8-5-9-15-34/h4-15,18-19,21-22,24,27-29,41,47H,16-17,20,23,25-26,30-32H2,1-3H3. The summed E-state index contributed by atoms with van der Waals surface area (Å²) < 4.78 is 49.4. The van der Waals surface area contributed by atoms with E-state index in [2.05, 4.69) is 4.90 Å². The summed E-state index contributed by atoms with van der Waals surface area (Å²) in [6.07, 6.45) is 13.2. The predicted octanol–water partition coefficient (Wildman–Crippen LogP) is 7.27. The van der Waals surface area contributed by atoms with Gasteiger partial charge in [0, 0.05) is 68.0 Å². The molecule has 0 spiro atoms. The summed E-state index contributed by atoms with van der Waals surface area (Å²) in [7, 11) is 1.16. The lowest BCUT2D eigenvalue weighted by Gasteiger charge is -2.25. The quantitative estimate of drug-likeness (QED) is 0.0551. The molecule has 0 radical (unpaired) electrons. The third-order valence-corrected chi connectivity index (χ3v) is 10.4. The molecule has 0 bridgehead atoms. The van der Waals surface area contributed by atoms with Crippen LogP contribution in [0.1, 0.15) is 29.5 Å². The number of nitrogens with zero attached hydrogens (tertiary/aromatic N) is 4. The highest BCUT2D eigenvalue weighted by molar-refractivity contribution is 7.48. The molecule has 2 aliphatic heterocycles. The molecule has 0 amide bonds. The second kappa shape index (κ2) is 19.7. The molecule has 3 aromatic carbocycles. The number of methoxy groups -OCH3 is 1. The first-order chi connectivity index (χ1) is 27.2. The van der Waals surface area contributed by atoms with Crippen molar-refractivity contribution < 1.29 is 42.2 Å². The fraction of sp³-hybridized carbons (Fsp3) is 0.310. The minimum atomic E-state index is -4.46. The van der Waals surface area contributed by atoms with E-state index < -0.39 is 33.7 Å². The number of ether oxygens (including phenoxy) is 3. The van der Waals surface area contributed by atoms with Crippen LogP contribution in [0.15, 0.2) is 133 Å². The lowest BCUT2D eigenvalue weighted by atomic mass is 10.1. The molecule has 0 aliphatic carbocycles. The van der Waals surface area contributed by atoms with E-state index in [0.29, 0.717) is 42.8 Å². The molecular formula is C42H49N4O9P. The van der Waals surface area contributed by atoms with Gasteiger partial charge >= 0.3 is 13.8 Å². The van der Waals surface area contributed by atoms with E-state index in [1.54, 1.807) is 24.1 Å². The van der Waals surface area contributed by atoms with Gasteiger partial charge in [0.1, 0.15) is 12.5 Å². The van der Waals surface area contributed by atoms with Gasteiger partial charge in [0.05, 0.1) is 18.2 Å². The Balaban J connectivity index is 1.12. The van der Waals surface area contributed by atoms with Crippen LogP contribution < -0.4 is 4.74 Å². The molecule has 296 valence electrons. The number of allylic oxidation sites excluding steroid dienone is 2. The Morgan fingerprint density at radius 1 is 0.857 bits per heavy atom. The molecule has 4 aromatic rings. The summed E-state index contributed by atoms with van der Waals surface area (Å²) >= 11 is 0. The fourth-order valence-corrected chi connectivity index (χ4v) is 7.07. The van der Waals surface area contributed by atoms with Crippen molar-refractivity contribution in [3.05, 3.63) is 150 Å². The Bertz CT molecular complexity index is 2080. The topological polar surface area (TPSA) is 124 Å². The summed E-state index contributed by atoms with van der Waals surface area (Å²) in [5.74, 6) is 0.0644. The molecule has 14 heteroatoms. The van der Waals surface area contributed by atoms with Crippen LogP contribution >= 0.6 is 7.82 Å². The summed E-state index contributed by atoms with van der Waals surface area (Å²) in [6, 6.07) is 25.5. The summed E-state index contributed by atoms with van der Waals surface area (Å²) in [6.45, 7) is 0.389. The Labute approximate surface area is 327 Å². The maximum absolute atomic E-state index is 14.1. The average molecular weight is 785 g/mol. The van der Waals surface area contributed by atoms with Crippen molar-refractivity contribution >= 4 is 24.7 Å². The van der Waals surface area contributed by atoms with Crippen LogP contribution in [0, 0.1) is 0 Å². The largest absolute Gasteiger partial charge is 0.497 e. The maximum Gasteiger partial charge on any atom is 0.481 e. The second-order valence-electron chi connectivity index (χ2n) is 13.6. The number of carbonyl (C=O) groups excluding carboxylic acids is 1. The van der Waals surface area contributed by atoms with E-state index in [0.717, 1.165) is 40.6 Å². The van der Waals surface area contributed by atoms with Crippen LogP contribution in [0.4, 0.5) is 0 Å². The van der Waals surface area contributed by atoms with Crippen molar-refractivity contribution in [2.45, 2.75) is 45.4 Å². The van der Waals surface area contributed by atoms with Crippen LogP contribution in [-0.2, 0) is 58.6 Å². The van der Waals surface area contributed by atoms with Crippen LogP contribution in [0.5, 0.6) is 5.75 Å². The Morgan fingerprint density at radius 3 is 2.20 bits per heavy atom. The van der Waals surface area contributed by atoms with Gasteiger partial charge in [-0.05, 0) is 61.8 Å². The molecule has 3 heterocycles. The summed E-state index contributed by atoms with van der Waals surface area (Å²) in [4.78, 5) is 19.0. The number of fused-ring (bicyclic) bond motifs is 1. The van der Waals surface area contributed by atoms with Crippen molar-refractivity contribution in [2.75, 3.05) is 41.3 Å². The zero-order valence-corrected chi connectivity index (χ0v) is 32.8. The molecular weight excluding hydrogens is 735 g/mol. The highest BCUT2D eigenvalue weighted by Gasteiger charge is 2.30. The number of benzene rings is 3. The van der Waals surface area contributed by atoms with Crippen molar-refractivity contribution in [2.24, 2.45) is 0 Å². The average Bonchev–Trinajstić information content (AvgIpc) is 3.56. The highest BCUT2D eigenvalue weighted by Crippen LogP contribution is 2.50. The molecule has 6 rings (SSSR count). The van der Waals surface area contributed by atoms with E-state index in [1.807, 2.05) is 134 Å². The lowest BCUT2D eigenvalue weighted by molar-refractivity contribution is -0.149. The summed E-state index contributed by atoms with van der Waals surface area (Å²) in [5, 5.41) is 11.9. The van der Waals surface area contributed by atoms with E-state index in [1.165, 1.54) is 0 Å². The number of phosphoric acid groups is 1. The molecule has 1 N–H and O–H groups in total. The van der Waals surface area contributed by atoms with Crippen LogP contribution in [-0.4, -0.2) is 78.0 Å². The van der Waals surface area contributed by atoms with E-state index >= 15 is 0 Å². The van der Waals surface area contributed by atoms with Crippen LogP contribution in [0.3, 0.4) is 0 Å². The highest BCUT2D eigenvalue weighted by atomic mass is 31.2. The maximum atomic E-state index is 14.1. The Morgan fingerprint density at radius 2 is 1.52 bits per heavy atom. The van der Waals surface area contributed by atoms with Gasteiger partial charge in [0.15, 0.2) is 13.1 Å². The van der Waals surface area contributed by atoms with Crippen molar-refractivity contribution in [3.8, 4) is 5.75 Å². The number of aliphatic hydroxyl groups excluding tert-OH is 1. The lowest BCUT2D eigenvalue weighted by Crippen LogP contribution is -2.22. The number of aliphatic hydroxyl groups is 1. The number of hydrogen-bond donors (Lipinski definition) is 1. The summed E-state index contributed by atoms with van der Waals surface area (Å²) in [5.41, 5.74) is 5.01. The number of hydrogen-bond acceptors (Lipinski definition) is 12. The van der Waals surface area contributed by atoms with Gasteiger partial charge in [0.25, 0.3) is 0 Å². The smallest absolute Gasteiger partial charge is 0.481 e. The zero-order valence-electron chi connectivity index (χ0n) is 31.9. The number of phosphoric ester groups is 1. The van der Waals surface area contributed by atoms with Gasteiger partial charge in [-0.3, -0.25) is 9.05 Å². The molecule has 0 saturated carbocycles. The number of esters is 1.